The summed E-state index contributed by atoms with van der Waals surface area (Å²) in [6.45, 7) is 2.37. The fraction of sp³-hybridized carbons (Fsp3) is 0.267. The molecule has 4 heterocycles. The average molecular weight is 542 g/mol. The SMILES string of the molecule is CN1CCC(c2ccc(-c3cnc4c(c3)C(=O)N(C(C(=O)Nc3nccs3)c3cccc(F)c3)C4)cc2)CC1. The van der Waals surface area contributed by atoms with Crippen LogP contribution in [0.2, 0.25) is 0 Å². The molecule has 0 saturated carbocycles. The Kier molecular flexibility index (Phi) is 6.93. The summed E-state index contributed by atoms with van der Waals surface area (Å²) >= 11 is 1.27. The lowest BCUT2D eigenvalue weighted by Gasteiger charge is -2.29. The Bertz CT molecular complexity index is 1500. The Balaban J connectivity index is 1.26. The number of piperidine rings is 1. The number of halogens is 1. The van der Waals surface area contributed by atoms with Gasteiger partial charge in [0, 0.05) is 23.3 Å². The Hall–Kier alpha value is -3.95. The molecule has 0 spiro atoms. The van der Waals surface area contributed by atoms with Gasteiger partial charge in [0.25, 0.3) is 11.8 Å². The molecule has 1 N–H and O–H groups in total. The highest BCUT2D eigenvalue weighted by Gasteiger charge is 2.39. The second-order valence-electron chi connectivity index (χ2n) is 10.1. The Morgan fingerprint density at radius 3 is 2.59 bits per heavy atom. The predicted molar refractivity (Wildman–Crippen MR) is 149 cm³/mol. The van der Waals surface area contributed by atoms with E-state index in [0.29, 0.717) is 27.9 Å². The summed E-state index contributed by atoms with van der Waals surface area (Å²) in [6.07, 6.45) is 5.67. The first-order valence-corrected chi connectivity index (χ1v) is 13.9. The van der Waals surface area contributed by atoms with Crippen molar-refractivity contribution in [2.45, 2.75) is 31.3 Å². The number of aromatic nitrogens is 2. The number of rotatable bonds is 6. The second-order valence-corrected chi connectivity index (χ2v) is 11.0. The molecule has 2 aliphatic rings. The fourth-order valence-corrected chi connectivity index (χ4v) is 5.99. The van der Waals surface area contributed by atoms with E-state index in [-0.39, 0.29) is 12.5 Å². The van der Waals surface area contributed by atoms with Crippen LogP contribution in [0.4, 0.5) is 9.52 Å². The number of pyridine rings is 1. The van der Waals surface area contributed by atoms with E-state index in [1.165, 1.54) is 40.0 Å². The van der Waals surface area contributed by atoms with Gasteiger partial charge >= 0.3 is 0 Å². The Morgan fingerprint density at radius 2 is 1.87 bits per heavy atom. The van der Waals surface area contributed by atoms with Gasteiger partial charge in [-0.25, -0.2) is 9.37 Å². The number of nitrogens with zero attached hydrogens (tertiary/aromatic N) is 4. The molecular formula is C30H28FN5O2S. The fourth-order valence-electron chi connectivity index (χ4n) is 5.46. The highest BCUT2D eigenvalue weighted by Crippen LogP contribution is 2.35. The van der Waals surface area contributed by atoms with Gasteiger partial charge in [-0.2, -0.15) is 0 Å². The third-order valence-corrected chi connectivity index (χ3v) is 8.29. The molecule has 198 valence electrons. The van der Waals surface area contributed by atoms with Gasteiger partial charge in [-0.3, -0.25) is 19.9 Å². The second kappa shape index (κ2) is 10.7. The molecule has 0 aliphatic carbocycles. The molecule has 6 rings (SSSR count). The molecule has 2 aromatic heterocycles. The molecule has 0 bridgehead atoms. The lowest BCUT2D eigenvalue weighted by atomic mass is 9.89. The van der Waals surface area contributed by atoms with Gasteiger partial charge < -0.3 is 9.80 Å². The van der Waals surface area contributed by atoms with E-state index in [4.69, 9.17) is 0 Å². The Labute approximate surface area is 230 Å². The van der Waals surface area contributed by atoms with E-state index >= 15 is 0 Å². The molecule has 1 fully saturated rings. The van der Waals surface area contributed by atoms with Crippen LogP contribution in [0, 0.1) is 5.82 Å². The number of carbonyl (C=O) groups is 2. The number of thiazole rings is 1. The van der Waals surface area contributed by atoms with Crippen molar-refractivity contribution >= 4 is 28.3 Å². The first-order chi connectivity index (χ1) is 19.0. The average Bonchev–Trinajstić information content (AvgIpc) is 3.57. The summed E-state index contributed by atoms with van der Waals surface area (Å²) in [7, 11) is 2.16. The third-order valence-electron chi connectivity index (χ3n) is 7.60. The maximum Gasteiger partial charge on any atom is 0.257 e. The molecule has 1 unspecified atom stereocenters. The van der Waals surface area contributed by atoms with Gasteiger partial charge in [0.05, 0.1) is 17.8 Å². The first-order valence-electron chi connectivity index (χ1n) is 13.0. The van der Waals surface area contributed by atoms with Gasteiger partial charge in [0.2, 0.25) is 0 Å². The Morgan fingerprint density at radius 1 is 1.08 bits per heavy atom. The number of amides is 2. The van der Waals surface area contributed by atoms with Crippen LogP contribution in [-0.2, 0) is 11.3 Å². The van der Waals surface area contributed by atoms with E-state index in [2.05, 4.69) is 51.5 Å². The molecule has 39 heavy (non-hydrogen) atoms. The van der Waals surface area contributed by atoms with Gasteiger partial charge in [0.1, 0.15) is 11.9 Å². The smallest absolute Gasteiger partial charge is 0.257 e. The van der Waals surface area contributed by atoms with E-state index in [9.17, 15) is 14.0 Å². The number of benzene rings is 2. The van der Waals surface area contributed by atoms with E-state index in [1.54, 1.807) is 23.8 Å². The third kappa shape index (κ3) is 5.20. The number of anilines is 1. The predicted octanol–water partition coefficient (Wildman–Crippen LogP) is 5.49. The van der Waals surface area contributed by atoms with Gasteiger partial charge in [-0.1, -0.05) is 36.4 Å². The lowest BCUT2D eigenvalue weighted by molar-refractivity contribution is -0.120. The topological polar surface area (TPSA) is 78.4 Å². The number of nitrogens with one attached hydrogen (secondary N) is 1. The molecule has 1 atom stereocenters. The summed E-state index contributed by atoms with van der Waals surface area (Å²) in [4.78, 5) is 39.6. The van der Waals surface area contributed by atoms with Crippen LogP contribution in [0.1, 0.15) is 52.0 Å². The van der Waals surface area contributed by atoms with Crippen LogP contribution in [0.3, 0.4) is 0 Å². The largest absolute Gasteiger partial charge is 0.316 e. The quantitative estimate of drug-likeness (QED) is 0.349. The standard InChI is InChI=1S/C30H28FN5O2S/c1-35-12-9-21(10-13-35)19-5-7-20(8-6-19)23-16-25-26(33-17-23)18-36(29(25)38)27(22-3-2-4-24(31)15-22)28(37)34-30-32-11-14-39-30/h2-8,11,14-17,21,27H,9-10,12-13,18H2,1H3,(H,32,34,37). The number of fused-ring (bicyclic) bond motifs is 1. The zero-order chi connectivity index (χ0) is 26.9. The van der Waals surface area contributed by atoms with Gasteiger partial charge in [-0.05, 0) is 73.8 Å². The van der Waals surface area contributed by atoms with Crippen LogP contribution < -0.4 is 5.32 Å². The monoisotopic (exact) mass is 541 g/mol. The van der Waals surface area contributed by atoms with Crippen molar-refractivity contribution in [2.24, 2.45) is 0 Å². The van der Waals surface area contributed by atoms with Crippen LogP contribution in [0.5, 0.6) is 0 Å². The van der Waals surface area contributed by atoms with Crippen molar-refractivity contribution in [1.82, 2.24) is 19.8 Å². The molecule has 2 aromatic carbocycles. The number of hydrogen-bond donors (Lipinski definition) is 1. The van der Waals surface area contributed by atoms with E-state index in [0.717, 1.165) is 37.1 Å². The van der Waals surface area contributed by atoms with Crippen molar-refractivity contribution < 1.29 is 14.0 Å². The highest BCUT2D eigenvalue weighted by atomic mass is 32.1. The lowest BCUT2D eigenvalue weighted by Crippen LogP contribution is -2.37. The van der Waals surface area contributed by atoms with Crippen molar-refractivity contribution in [3.63, 3.8) is 0 Å². The van der Waals surface area contributed by atoms with Gasteiger partial charge in [-0.15, -0.1) is 11.3 Å². The van der Waals surface area contributed by atoms with Crippen LogP contribution in [0.15, 0.2) is 72.4 Å². The maximum atomic E-state index is 14.2. The zero-order valence-corrected chi connectivity index (χ0v) is 22.3. The minimum absolute atomic E-state index is 0.149. The summed E-state index contributed by atoms with van der Waals surface area (Å²) in [5, 5.41) is 4.92. The maximum absolute atomic E-state index is 14.2. The van der Waals surface area contributed by atoms with Crippen molar-refractivity contribution in [2.75, 3.05) is 25.5 Å². The summed E-state index contributed by atoms with van der Waals surface area (Å²) in [5.41, 5.74) is 4.60. The number of likely N-dealkylation sites (tertiary alicyclic amines) is 1. The molecule has 9 heteroatoms. The minimum Gasteiger partial charge on any atom is -0.316 e. The van der Waals surface area contributed by atoms with E-state index in [1.807, 2.05) is 6.07 Å². The van der Waals surface area contributed by atoms with Crippen molar-refractivity contribution in [3.05, 3.63) is 101 Å². The van der Waals surface area contributed by atoms with Crippen LogP contribution in [0.25, 0.3) is 11.1 Å². The molecule has 2 amide bonds. The minimum atomic E-state index is -1.04. The van der Waals surface area contributed by atoms with Crippen molar-refractivity contribution in [3.8, 4) is 11.1 Å². The normalized spacial score (nSPS) is 16.8. The van der Waals surface area contributed by atoms with Crippen LogP contribution >= 0.6 is 11.3 Å². The molecule has 2 aliphatic heterocycles. The highest BCUT2D eigenvalue weighted by molar-refractivity contribution is 7.13. The van der Waals surface area contributed by atoms with Crippen molar-refractivity contribution in [1.29, 1.82) is 0 Å². The van der Waals surface area contributed by atoms with Gasteiger partial charge in [0.15, 0.2) is 5.13 Å². The zero-order valence-electron chi connectivity index (χ0n) is 21.5. The molecule has 7 nitrogen and oxygen atoms in total. The molecule has 0 radical (unpaired) electrons. The molecule has 4 aromatic rings. The van der Waals surface area contributed by atoms with Crippen LogP contribution in [-0.4, -0.2) is 51.7 Å². The molecular weight excluding hydrogens is 513 g/mol. The first kappa shape index (κ1) is 25.3. The number of hydrogen-bond acceptors (Lipinski definition) is 6. The summed E-state index contributed by atoms with van der Waals surface area (Å²) < 4.78 is 14.2. The summed E-state index contributed by atoms with van der Waals surface area (Å²) in [6, 6.07) is 15.1. The van der Waals surface area contributed by atoms with E-state index < -0.39 is 17.8 Å². The number of carbonyl (C=O) groups excluding carboxylic acids is 2. The summed E-state index contributed by atoms with van der Waals surface area (Å²) in [5.74, 6) is -0.682. The molecule has 1 saturated heterocycles.